The standard InChI is InChI=1S/C13H12FN3/c1-9-11(7-8-15)10(2)17(16-9)13-6-4-3-5-12(13)14/h3-6H,7H2,1-2H3. The maximum Gasteiger partial charge on any atom is 0.148 e. The molecule has 0 radical (unpaired) electrons. The SMILES string of the molecule is Cc1nn(-c2ccccc2F)c(C)c1CC#N. The summed E-state index contributed by atoms with van der Waals surface area (Å²) in [6.07, 6.45) is 0.298. The Morgan fingerprint density at radius 1 is 1.35 bits per heavy atom. The summed E-state index contributed by atoms with van der Waals surface area (Å²) in [7, 11) is 0. The summed E-state index contributed by atoms with van der Waals surface area (Å²) < 4.78 is 15.2. The van der Waals surface area contributed by atoms with Gasteiger partial charge in [-0.15, -0.1) is 0 Å². The topological polar surface area (TPSA) is 41.6 Å². The number of hydrogen-bond donors (Lipinski definition) is 0. The van der Waals surface area contributed by atoms with Crippen LogP contribution in [0.3, 0.4) is 0 Å². The van der Waals surface area contributed by atoms with E-state index in [9.17, 15) is 4.39 Å². The van der Waals surface area contributed by atoms with Crippen LogP contribution in [0.15, 0.2) is 24.3 Å². The highest BCUT2D eigenvalue weighted by Gasteiger charge is 2.14. The highest BCUT2D eigenvalue weighted by molar-refractivity contribution is 5.38. The molecule has 1 aromatic carbocycles. The molecule has 86 valence electrons. The molecule has 0 aliphatic carbocycles. The first kappa shape index (κ1) is 11.3. The van der Waals surface area contributed by atoms with E-state index in [1.165, 1.54) is 6.07 Å². The maximum atomic E-state index is 13.7. The second-order valence-electron chi connectivity index (χ2n) is 3.85. The fourth-order valence-corrected chi connectivity index (χ4v) is 1.87. The molecule has 2 aromatic rings. The van der Waals surface area contributed by atoms with E-state index in [1.807, 2.05) is 13.8 Å². The summed E-state index contributed by atoms with van der Waals surface area (Å²) in [5, 5.41) is 13.0. The lowest BCUT2D eigenvalue weighted by atomic mass is 10.1. The molecule has 0 aliphatic heterocycles. The molecule has 0 saturated carbocycles. The van der Waals surface area contributed by atoms with E-state index in [4.69, 9.17) is 5.26 Å². The molecule has 17 heavy (non-hydrogen) atoms. The van der Waals surface area contributed by atoms with Gasteiger partial charge in [0.1, 0.15) is 11.5 Å². The van der Waals surface area contributed by atoms with E-state index in [0.717, 1.165) is 17.0 Å². The van der Waals surface area contributed by atoms with Gasteiger partial charge in [-0.1, -0.05) is 12.1 Å². The molecule has 0 aliphatic rings. The molecule has 0 N–H and O–H groups in total. The number of nitrogens with zero attached hydrogens (tertiary/aromatic N) is 3. The molecular formula is C13H12FN3. The molecule has 0 atom stereocenters. The molecular weight excluding hydrogens is 217 g/mol. The minimum Gasteiger partial charge on any atom is -0.235 e. The third-order valence-electron chi connectivity index (χ3n) is 2.78. The van der Waals surface area contributed by atoms with Gasteiger partial charge in [0, 0.05) is 11.3 Å². The quantitative estimate of drug-likeness (QED) is 0.794. The molecule has 0 amide bonds. The van der Waals surface area contributed by atoms with Crippen LogP contribution in [-0.2, 0) is 6.42 Å². The maximum absolute atomic E-state index is 13.7. The van der Waals surface area contributed by atoms with E-state index in [0.29, 0.717) is 12.1 Å². The number of benzene rings is 1. The normalized spacial score (nSPS) is 10.2. The lowest BCUT2D eigenvalue weighted by Gasteiger charge is -2.05. The Hall–Kier alpha value is -2.15. The average Bonchev–Trinajstić information content (AvgIpc) is 2.58. The molecule has 2 rings (SSSR count). The van der Waals surface area contributed by atoms with Crippen LogP contribution in [0.4, 0.5) is 4.39 Å². The Labute approximate surface area is 99.1 Å². The summed E-state index contributed by atoms with van der Waals surface area (Å²) in [4.78, 5) is 0. The lowest BCUT2D eigenvalue weighted by Crippen LogP contribution is -2.02. The molecule has 1 aromatic heterocycles. The van der Waals surface area contributed by atoms with Crippen LogP contribution in [0.5, 0.6) is 0 Å². The number of para-hydroxylation sites is 1. The van der Waals surface area contributed by atoms with Gasteiger partial charge in [-0.25, -0.2) is 9.07 Å². The second kappa shape index (κ2) is 4.38. The van der Waals surface area contributed by atoms with Crippen molar-refractivity contribution in [2.45, 2.75) is 20.3 Å². The first-order chi connectivity index (χ1) is 8.15. The van der Waals surface area contributed by atoms with Crippen molar-refractivity contribution in [2.24, 2.45) is 0 Å². The third-order valence-corrected chi connectivity index (χ3v) is 2.78. The molecule has 1 heterocycles. The predicted molar refractivity (Wildman–Crippen MR) is 62.3 cm³/mol. The van der Waals surface area contributed by atoms with Crippen LogP contribution >= 0.6 is 0 Å². The van der Waals surface area contributed by atoms with Crippen LogP contribution in [0.25, 0.3) is 5.69 Å². The van der Waals surface area contributed by atoms with Gasteiger partial charge >= 0.3 is 0 Å². The van der Waals surface area contributed by atoms with Gasteiger partial charge in [-0.05, 0) is 26.0 Å². The summed E-state index contributed by atoms with van der Waals surface area (Å²) in [6.45, 7) is 3.68. The van der Waals surface area contributed by atoms with E-state index in [2.05, 4.69) is 11.2 Å². The molecule has 0 saturated heterocycles. The Morgan fingerprint density at radius 3 is 2.71 bits per heavy atom. The molecule has 0 spiro atoms. The van der Waals surface area contributed by atoms with Crippen LogP contribution in [0.2, 0.25) is 0 Å². The van der Waals surface area contributed by atoms with E-state index in [1.54, 1.807) is 22.9 Å². The van der Waals surface area contributed by atoms with Gasteiger partial charge in [0.2, 0.25) is 0 Å². The Balaban J connectivity index is 2.59. The van der Waals surface area contributed by atoms with E-state index >= 15 is 0 Å². The number of rotatable bonds is 2. The van der Waals surface area contributed by atoms with Crippen molar-refractivity contribution < 1.29 is 4.39 Å². The zero-order valence-corrected chi connectivity index (χ0v) is 9.74. The predicted octanol–water partition coefficient (Wildman–Crippen LogP) is 2.69. The van der Waals surface area contributed by atoms with Crippen molar-refractivity contribution in [2.75, 3.05) is 0 Å². The van der Waals surface area contributed by atoms with Gasteiger partial charge in [-0.2, -0.15) is 10.4 Å². The van der Waals surface area contributed by atoms with Crippen LogP contribution in [-0.4, -0.2) is 9.78 Å². The minimum absolute atomic E-state index is 0.298. The monoisotopic (exact) mass is 229 g/mol. The summed E-state index contributed by atoms with van der Waals surface area (Å²) >= 11 is 0. The van der Waals surface area contributed by atoms with E-state index < -0.39 is 0 Å². The largest absolute Gasteiger partial charge is 0.235 e. The van der Waals surface area contributed by atoms with E-state index in [-0.39, 0.29) is 5.82 Å². The molecule has 0 unspecified atom stereocenters. The van der Waals surface area contributed by atoms with Crippen LogP contribution in [0, 0.1) is 31.0 Å². The Morgan fingerprint density at radius 2 is 2.06 bits per heavy atom. The zero-order valence-electron chi connectivity index (χ0n) is 9.74. The van der Waals surface area contributed by atoms with Crippen molar-refractivity contribution in [3.05, 3.63) is 47.0 Å². The van der Waals surface area contributed by atoms with Crippen molar-refractivity contribution in [3.8, 4) is 11.8 Å². The molecule has 0 bridgehead atoms. The number of nitriles is 1. The second-order valence-corrected chi connectivity index (χ2v) is 3.85. The number of aryl methyl sites for hydroxylation is 1. The lowest BCUT2D eigenvalue weighted by molar-refractivity contribution is 0.608. The minimum atomic E-state index is -0.318. The number of halogens is 1. The van der Waals surface area contributed by atoms with Gasteiger partial charge in [0.05, 0.1) is 18.2 Å². The number of hydrogen-bond acceptors (Lipinski definition) is 2. The summed E-state index contributed by atoms with van der Waals surface area (Å²) in [5.74, 6) is -0.318. The fraction of sp³-hybridized carbons (Fsp3) is 0.231. The van der Waals surface area contributed by atoms with Gasteiger partial charge in [0.15, 0.2) is 0 Å². The summed E-state index contributed by atoms with van der Waals surface area (Å²) in [6, 6.07) is 8.57. The first-order valence-corrected chi connectivity index (χ1v) is 5.32. The van der Waals surface area contributed by atoms with Gasteiger partial charge in [-0.3, -0.25) is 0 Å². The van der Waals surface area contributed by atoms with Crippen LogP contribution in [0.1, 0.15) is 17.0 Å². The number of aromatic nitrogens is 2. The van der Waals surface area contributed by atoms with Crippen molar-refractivity contribution in [1.29, 1.82) is 5.26 Å². The van der Waals surface area contributed by atoms with Crippen LogP contribution < -0.4 is 0 Å². The highest BCUT2D eigenvalue weighted by Crippen LogP contribution is 2.19. The first-order valence-electron chi connectivity index (χ1n) is 5.32. The molecule has 4 heteroatoms. The molecule has 0 fully saturated rings. The van der Waals surface area contributed by atoms with Gasteiger partial charge in [0.25, 0.3) is 0 Å². The average molecular weight is 229 g/mol. The Kier molecular flexibility index (Phi) is 2.92. The van der Waals surface area contributed by atoms with Crippen molar-refractivity contribution >= 4 is 0 Å². The zero-order chi connectivity index (χ0) is 12.4. The Bertz CT molecular complexity index is 593. The smallest absolute Gasteiger partial charge is 0.148 e. The third kappa shape index (κ3) is 1.92. The van der Waals surface area contributed by atoms with Crippen molar-refractivity contribution in [3.63, 3.8) is 0 Å². The molecule has 3 nitrogen and oxygen atoms in total. The van der Waals surface area contributed by atoms with Gasteiger partial charge < -0.3 is 0 Å². The summed E-state index contributed by atoms with van der Waals surface area (Å²) in [5.41, 5.74) is 2.87. The highest BCUT2D eigenvalue weighted by atomic mass is 19.1. The van der Waals surface area contributed by atoms with Crippen molar-refractivity contribution in [1.82, 2.24) is 9.78 Å². The fourth-order valence-electron chi connectivity index (χ4n) is 1.87.